The second kappa shape index (κ2) is 7.75. The Morgan fingerprint density at radius 3 is 2.47 bits per heavy atom. The van der Waals surface area contributed by atoms with Crippen LogP contribution in [0.5, 0.6) is 0 Å². The summed E-state index contributed by atoms with van der Waals surface area (Å²) < 4.78 is 33.1. The fourth-order valence-electron chi connectivity index (χ4n) is 3.23. The third-order valence-electron chi connectivity index (χ3n) is 4.52. The molecule has 0 aliphatic carbocycles. The molecule has 1 aromatic heterocycles. The Bertz CT molecular complexity index is 1380. The first-order chi connectivity index (χ1) is 14.2. The molecule has 0 bridgehead atoms. The molecule has 0 saturated carbocycles. The van der Waals surface area contributed by atoms with Gasteiger partial charge in [-0.3, -0.25) is 4.79 Å². The highest BCUT2D eigenvalue weighted by molar-refractivity contribution is 7.89. The molecule has 0 saturated heterocycles. The van der Waals surface area contributed by atoms with E-state index >= 15 is 0 Å². The highest BCUT2D eigenvalue weighted by Crippen LogP contribution is 2.31. The molecule has 0 spiro atoms. The molecular weight excluding hydrogens is 424 g/mol. The lowest BCUT2D eigenvalue weighted by Gasteiger charge is -2.12. The summed E-state index contributed by atoms with van der Waals surface area (Å²) in [6.45, 7) is 3.44. The number of para-hydroxylation sites is 1. The lowest BCUT2D eigenvalue weighted by Crippen LogP contribution is -2.30. The number of carbonyl (C=O) groups is 1. The van der Waals surface area contributed by atoms with Crippen LogP contribution in [0.25, 0.3) is 21.9 Å². The number of nitrogens with one attached hydrogen (secondary N) is 2. The van der Waals surface area contributed by atoms with E-state index in [1.54, 1.807) is 26.0 Å². The molecule has 3 aromatic carbocycles. The predicted molar refractivity (Wildman–Crippen MR) is 119 cm³/mol. The van der Waals surface area contributed by atoms with E-state index in [2.05, 4.69) is 10.0 Å². The number of hydrogen-bond donors (Lipinski definition) is 2. The molecule has 154 valence electrons. The van der Waals surface area contributed by atoms with E-state index < -0.39 is 15.9 Å². The Morgan fingerprint density at radius 2 is 1.70 bits per heavy atom. The largest absolute Gasteiger partial charge is 0.456 e. The monoisotopic (exact) mass is 442 g/mol. The van der Waals surface area contributed by atoms with E-state index in [1.807, 2.05) is 30.3 Å². The van der Waals surface area contributed by atoms with Crippen molar-refractivity contribution in [3.05, 3.63) is 71.2 Å². The van der Waals surface area contributed by atoms with Crippen molar-refractivity contribution in [2.75, 3.05) is 5.32 Å². The zero-order valence-corrected chi connectivity index (χ0v) is 17.8. The summed E-state index contributed by atoms with van der Waals surface area (Å²) in [5.41, 5.74) is 2.08. The van der Waals surface area contributed by atoms with Crippen molar-refractivity contribution in [3.8, 4) is 0 Å². The van der Waals surface area contributed by atoms with E-state index in [9.17, 15) is 13.2 Å². The molecule has 0 radical (unpaired) electrons. The van der Waals surface area contributed by atoms with E-state index in [-0.39, 0.29) is 21.5 Å². The third-order valence-corrected chi connectivity index (χ3v) is 6.50. The van der Waals surface area contributed by atoms with Crippen molar-refractivity contribution in [1.82, 2.24) is 4.72 Å². The Kier molecular flexibility index (Phi) is 5.27. The van der Waals surface area contributed by atoms with Gasteiger partial charge in [0, 0.05) is 22.5 Å². The van der Waals surface area contributed by atoms with Gasteiger partial charge in [-0.25, -0.2) is 13.1 Å². The normalized spacial score (nSPS) is 12.0. The molecule has 8 heteroatoms. The number of hydrogen-bond acceptors (Lipinski definition) is 4. The van der Waals surface area contributed by atoms with Gasteiger partial charge in [0.05, 0.1) is 15.5 Å². The van der Waals surface area contributed by atoms with Crippen LogP contribution in [0.15, 0.2) is 70.0 Å². The minimum absolute atomic E-state index is 0.0259. The molecule has 0 unspecified atom stereocenters. The van der Waals surface area contributed by atoms with Crippen molar-refractivity contribution < 1.29 is 17.6 Å². The van der Waals surface area contributed by atoms with Crippen molar-refractivity contribution in [2.45, 2.75) is 24.8 Å². The van der Waals surface area contributed by atoms with Crippen LogP contribution < -0.4 is 10.0 Å². The predicted octanol–water partition coefficient (Wildman–Crippen LogP) is 5.18. The first-order valence-electron chi connectivity index (χ1n) is 9.29. The number of benzene rings is 3. The topological polar surface area (TPSA) is 88.4 Å². The molecule has 1 amide bonds. The second-order valence-electron chi connectivity index (χ2n) is 7.18. The number of fused-ring (bicyclic) bond motifs is 3. The van der Waals surface area contributed by atoms with Gasteiger partial charge in [-0.05, 0) is 56.3 Å². The first kappa shape index (κ1) is 20.4. The standard InChI is InChI=1S/C22H19ClN2O4S/c1-13(2)25-30(27,28)15-8-9-19(23)18(12-15)22(26)24-14-7-10-21-17(11-14)16-5-3-4-6-20(16)29-21/h3-13,25H,1-2H3,(H,24,26). The number of sulfonamides is 1. The van der Waals surface area contributed by atoms with Crippen LogP contribution >= 0.6 is 11.6 Å². The van der Waals surface area contributed by atoms with Crippen LogP contribution in [0.3, 0.4) is 0 Å². The fraction of sp³-hybridized carbons (Fsp3) is 0.136. The Labute approximate surface area is 178 Å². The lowest BCUT2D eigenvalue weighted by atomic mass is 10.1. The van der Waals surface area contributed by atoms with E-state index in [0.29, 0.717) is 11.3 Å². The van der Waals surface area contributed by atoms with Crippen LogP contribution in [0.1, 0.15) is 24.2 Å². The maximum absolute atomic E-state index is 12.8. The quantitative estimate of drug-likeness (QED) is 0.445. The first-order valence-corrected chi connectivity index (χ1v) is 11.2. The second-order valence-corrected chi connectivity index (χ2v) is 9.30. The number of amides is 1. The number of halogens is 1. The molecule has 0 aliphatic rings. The van der Waals surface area contributed by atoms with Crippen LogP contribution in [0, 0.1) is 0 Å². The maximum atomic E-state index is 12.8. The SMILES string of the molecule is CC(C)NS(=O)(=O)c1ccc(Cl)c(C(=O)Nc2ccc3oc4ccccc4c3c2)c1. The smallest absolute Gasteiger partial charge is 0.257 e. The van der Waals surface area contributed by atoms with Gasteiger partial charge in [0.2, 0.25) is 10.0 Å². The highest BCUT2D eigenvalue weighted by Gasteiger charge is 2.20. The molecule has 0 fully saturated rings. The van der Waals surface area contributed by atoms with Gasteiger partial charge in [-0.1, -0.05) is 29.8 Å². The Morgan fingerprint density at radius 1 is 0.967 bits per heavy atom. The van der Waals surface area contributed by atoms with E-state index in [0.717, 1.165) is 16.4 Å². The summed E-state index contributed by atoms with van der Waals surface area (Å²) in [6.07, 6.45) is 0. The molecule has 0 aliphatic heterocycles. The van der Waals surface area contributed by atoms with Gasteiger partial charge in [0.25, 0.3) is 5.91 Å². The van der Waals surface area contributed by atoms with Crippen molar-refractivity contribution >= 4 is 55.2 Å². The lowest BCUT2D eigenvalue weighted by molar-refractivity contribution is 0.102. The molecule has 4 aromatic rings. The van der Waals surface area contributed by atoms with Crippen LogP contribution in [0.4, 0.5) is 5.69 Å². The van der Waals surface area contributed by atoms with E-state index in [1.165, 1.54) is 18.2 Å². The average Bonchev–Trinajstić information content (AvgIpc) is 3.05. The molecule has 0 atom stereocenters. The minimum atomic E-state index is -3.75. The van der Waals surface area contributed by atoms with Gasteiger partial charge >= 0.3 is 0 Å². The molecular formula is C22H19ClN2O4S. The van der Waals surface area contributed by atoms with Crippen LogP contribution in [0.2, 0.25) is 5.02 Å². The number of rotatable bonds is 5. The minimum Gasteiger partial charge on any atom is -0.456 e. The summed E-state index contributed by atoms with van der Waals surface area (Å²) >= 11 is 6.18. The zero-order chi connectivity index (χ0) is 21.5. The number of furan rings is 1. The van der Waals surface area contributed by atoms with Gasteiger partial charge in [0.1, 0.15) is 11.2 Å². The van der Waals surface area contributed by atoms with Crippen LogP contribution in [-0.4, -0.2) is 20.4 Å². The van der Waals surface area contributed by atoms with Gasteiger partial charge in [0.15, 0.2) is 0 Å². The molecule has 4 rings (SSSR count). The van der Waals surface area contributed by atoms with Crippen LogP contribution in [-0.2, 0) is 10.0 Å². The summed E-state index contributed by atoms with van der Waals surface area (Å²) in [5.74, 6) is -0.506. The summed E-state index contributed by atoms with van der Waals surface area (Å²) in [7, 11) is -3.75. The number of carbonyl (C=O) groups excluding carboxylic acids is 1. The van der Waals surface area contributed by atoms with E-state index in [4.69, 9.17) is 16.0 Å². The summed E-state index contributed by atoms with van der Waals surface area (Å²) in [5, 5.41) is 4.75. The molecule has 1 heterocycles. The van der Waals surface area contributed by atoms with Crippen molar-refractivity contribution in [2.24, 2.45) is 0 Å². The fourth-order valence-corrected chi connectivity index (χ4v) is 4.71. The summed E-state index contributed by atoms with van der Waals surface area (Å²) in [6, 6.07) is 16.7. The maximum Gasteiger partial charge on any atom is 0.257 e. The van der Waals surface area contributed by atoms with Crippen molar-refractivity contribution in [1.29, 1.82) is 0 Å². The average molecular weight is 443 g/mol. The third kappa shape index (κ3) is 3.92. The van der Waals surface area contributed by atoms with Gasteiger partial charge < -0.3 is 9.73 Å². The molecule has 2 N–H and O–H groups in total. The Balaban J connectivity index is 1.67. The molecule has 6 nitrogen and oxygen atoms in total. The summed E-state index contributed by atoms with van der Waals surface area (Å²) in [4.78, 5) is 12.8. The molecule has 30 heavy (non-hydrogen) atoms. The Hall–Kier alpha value is -2.87. The van der Waals surface area contributed by atoms with Gasteiger partial charge in [-0.2, -0.15) is 0 Å². The highest BCUT2D eigenvalue weighted by atomic mass is 35.5. The van der Waals surface area contributed by atoms with Crippen molar-refractivity contribution in [3.63, 3.8) is 0 Å². The zero-order valence-electron chi connectivity index (χ0n) is 16.3. The van der Waals surface area contributed by atoms with Gasteiger partial charge in [-0.15, -0.1) is 0 Å². The number of anilines is 1.